The molecule has 4 aromatic rings. The largest absolute Gasteiger partial charge is 0.455 e. The molecule has 0 aliphatic rings. The first-order valence-electron chi connectivity index (χ1n) is 9.38. The highest BCUT2D eigenvalue weighted by Crippen LogP contribution is 2.30. The van der Waals surface area contributed by atoms with Gasteiger partial charge in [0.1, 0.15) is 5.75 Å². The molecule has 7 nitrogen and oxygen atoms in total. The molecule has 2 aromatic carbocycles. The number of anilines is 2. The number of pyridine rings is 1. The summed E-state index contributed by atoms with van der Waals surface area (Å²) in [5.74, 6) is 1.60. The molecule has 148 valence electrons. The van der Waals surface area contributed by atoms with Gasteiger partial charge in [-0.15, -0.1) is 10.2 Å². The number of ether oxygens (including phenoxy) is 1. The van der Waals surface area contributed by atoms with E-state index in [1.165, 1.54) is 0 Å². The molecule has 0 fully saturated rings. The van der Waals surface area contributed by atoms with Gasteiger partial charge in [0.25, 0.3) is 5.91 Å². The van der Waals surface area contributed by atoms with Gasteiger partial charge < -0.3 is 15.4 Å². The van der Waals surface area contributed by atoms with E-state index in [0.717, 1.165) is 17.0 Å². The summed E-state index contributed by atoms with van der Waals surface area (Å²) in [4.78, 5) is 16.2. The van der Waals surface area contributed by atoms with Crippen molar-refractivity contribution in [2.45, 2.75) is 6.54 Å². The summed E-state index contributed by atoms with van der Waals surface area (Å²) >= 11 is 0. The Labute approximate surface area is 173 Å². The molecular formula is C23H19N5O2. The fourth-order valence-corrected chi connectivity index (χ4v) is 2.71. The van der Waals surface area contributed by atoms with Crippen LogP contribution >= 0.6 is 0 Å². The van der Waals surface area contributed by atoms with E-state index < -0.39 is 0 Å². The number of nitrogens with zero attached hydrogens (tertiary/aromatic N) is 3. The monoisotopic (exact) mass is 397 g/mol. The van der Waals surface area contributed by atoms with E-state index in [2.05, 4.69) is 25.8 Å². The van der Waals surface area contributed by atoms with Gasteiger partial charge in [-0.1, -0.05) is 30.3 Å². The van der Waals surface area contributed by atoms with Crippen LogP contribution in [0.2, 0.25) is 0 Å². The summed E-state index contributed by atoms with van der Waals surface area (Å²) < 4.78 is 5.94. The number of amides is 1. The van der Waals surface area contributed by atoms with E-state index in [9.17, 15) is 4.79 Å². The highest BCUT2D eigenvalue weighted by molar-refractivity contribution is 5.92. The third-order valence-electron chi connectivity index (χ3n) is 4.22. The van der Waals surface area contributed by atoms with E-state index in [-0.39, 0.29) is 11.6 Å². The Morgan fingerprint density at radius 1 is 0.833 bits per heavy atom. The quantitative estimate of drug-likeness (QED) is 0.482. The third-order valence-corrected chi connectivity index (χ3v) is 4.22. The third kappa shape index (κ3) is 4.96. The number of benzene rings is 2. The van der Waals surface area contributed by atoms with Crippen molar-refractivity contribution in [3.63, 3.8) is 0 Å². The van der Waals surface area contributed by atoms with Gasteiger partial charge in [-0.25, -0.2) is 0 Å². The number of hydrogen-bond donors (Lipinski definition) is 2. The highest BCUT2D eigenvalue weighted by atomic mass is 16.5. The number of carbonyl (C=O) groups is 1. The molecule has 4 rings (SSSR count). The first-order valence-corrected chi connectivity index (χ1v) is 9.38. The normalized spacial score (nSPS) is 10.3. The van der Waals surface area contributed by atoms with Gasteiger partial charge in [0.15, 0.2) is 17.3 Å². The molecule has 2 heterocycles. The lowest BCUT2D eigenvalue weighted by Crippen LogP contribution is -2.24. The number of carbonyl (C=O) groups excluding carboxylic acids is 1. The second kappa shape index (κ2) is 9.29. The van der Waals surface area contributed by atoms with E-state index in [1.54, 1.807) is 24.5 Å². The zero-order chi connectivity index (χ0) is 20.6. The maximum Gasteiger partial charge on any atom is 0.272 e. The average Bonchev–Trinajstić information content (AvgIpc) is 2.81. The van der Waals surface area contributed by atoms with Gasteiger partial charge in [-0.05, 0) is 54.1 Å². The molecule has 0 spiro atoms. The molecule has 0 unspecified atom stereocenters. The second-order valence-electron chi connectivity index (χ2n) is 6.38. The first-order chi connectivity index (χ1) is 14.8. The molecule has 0 radical (unpaired) electrons. The van der Waals surface area contributed by atoms with Gasteiger partial charge in [0.05, 0.1) is 5.69 Å². The van der Waals surface area contributed by atoms with Crippen LogP contribution in [-0.2, 0) is 6.54 Å². The standard InChI is InChI=1S/C23H19N5O2/c29-23(25-16-17-12-14-24-15-13-17)20-10-11-22(28-27-20)26-19-8-4-5-9-21(19)30-18-6-2-1-3-7-18/h1-15H,16H2,(H,25,29)(H,26,28). The number of nitrogens with one attached hydrogen (secondary N) is 2. The number of hydrogen-bond acceptors (Lipinski definition) is 6. The minimum Gasteiger partial charge on any atom is -0.455 e. The van der Waals surface area contributed by atoms with Crippen molar-refractivity contribution in [3.8, 4) is 11.5 Å². The van der Waals surface area contributed by atoms with Crippen molar-refractivity contribution < 1.29 is 9.53 Å². The zero-order valence-corrected chi connectivity index (χ0v) is 16.0. The Morgan fingerprint density at radius 3 is 2.37 bits per heavy atom. The van der Waals surface area contributed by atoms with Gasteiger partial charge in [0.2, 0.25) is 0 Å². The van der Waals surface area contributed by atoms with Gasteiger partial charge >= 0.3 is 0 Å². The molecule has 2 aromatic heterocycles. The van der Waals surface area contributed by atoms with Crippen molar-refractivity contribution in [1.29, 1.82) is 0 Å². The Bertz CT molecular complexity index is 1100. The molecule has 7 heteroatoms. The first kappa shape index (κ1) is 19.1. The number of para-hydroxylation sites is 3. The van der Waals surface area contributed by atoms with Crippen LogP contribution in [-0.4, -0.2) is 21.1 Å². The number of rotatable bonds is 7. The Kier molecular flexibility index (Phi) is 5.91. The highest BCUT2D eigenvalue weighted by Gasteiger charge is 2.10. The minimum atomic E-state index is -0.293. The van der Waals surface area contributed by atoms with Crippen molar-refractivity contribution in [1.82, 2.24) is 20.5 Å². The smallest absolute Gasteiger partial charge is 0.272 e. The summed E-state index contributed by atoms with van der Waals surface area (Å²) in [5, 5.41) is 14.1. The topological polar surface area (TPSA) is 89.0 Å². The molecule has 30 heavy (non-hydrogen) atoms. The van der Waals surface area contributed by atoms with Crippen LogP contribution in [0.1, 0.15) is 16.1 Å². The SMILES string of the molecule is O=C(NCc1ccncc1)c1ccc(Nc2ccccc2Oc2ccccc2)nn1. The van der Waals surface area contributed by atoms with E-state index in [1.807, 2.05) is 66.7 Å². The molecule has 0 saturated carbocycles. The van der Waals surface area contributed by atoms with Crippen LogP contribution in [0, 0.1) is 0 Å². The predicted octanol–water partition coefficient (Wildman–Crippen LogP) is 4.34. The van der Waals surface area contributed by atoms with Crippen LogP contribution in [0.25, 0.3) is 0 Å². The van der Waals surface area contributed by atoms with Crippen LogP contribution in [0.3, 0.4) is 0 Å². The van der Waals surface area contributed by atoms with E-state index in [0.29, 0.717) is 18.1 Å². The summed E-state index contributed by atoms with van der Waals surface area (Å²) in [7, 11) is 0. The second-order valence-corrected chi connectivity index (χ2v) is 6.38. The molecule has 0 aliphatic carbocycles. The van der Waals surface area contributed by atoms with E-state index >= 15 is 0 Å². The molecule has 0 atom stereocenters. The Balaban J connectivity index is 1.41. The summed E-state index contributed by atoms with van der Waals surface area (Å²) in [6.45, 7) is 0.396. The minimum absolute atomic E-state index is 0.239. The molecule has 0 bridgehead atoms. The molecule has 0 aliphatic heterocycles. The van der Waals surface area contributed by atoms with Crippen molar-refractivity contribution in [3.05, 3.63) is 103 Å². The summed E-state index contributed by atoms with van der Waals surface area (Å²) in [5.41, 5.74) is 1.94. The fourth-order valence-electron chi connectivity index (χ4n) is 2.71. The van der Waals surface area contributed by atoms with Crippen LogP contribution in [0.15, 0.2) is 91.3 Å². The lowest BCUT2D eigenvalue weighted by atomic mass is 10.2. The van der Waals surface area contributed by atoms with Crippen molar-refractivity contribution in [2.24, 2.45) is 0 Å². The Hall–Kier alpha value is -4.26. The maximum atomic E-state index is 12.3. The summed E-state index contributed by atoms with van der Waals surface area (Å²) in [6.07, 6.45) is 3.36. The van der Waals surface area contributed by atoms with Crippen LogP contribution in [0.4, 0.5) is 11.5 Å². The Morgan fingerprint density at radius 2 is 1.60 bits per heavy atom. The van der Waals surface area contributed by atoms with E-state index in [4.69, 9.17) is 4.74 Å². The summed E-state index contributed by atoms with van der Waals surface area (Å²) in [6, 6.07) is 24.1. The van der Waals surface area contributed by atoms with Crippen LogP contribution < -0.4 is 15.4 Å². The van der Waals surface area contributed by atoms with Crippen LogP contribution in [0.5, 0.6) is 11.5 Å². The predicted molar refractivity (Wildman–Crippen MR) is 114 cm³/mol. The van der Waals surface area contributed by atoms with Gasteiger partial charge in [0, 0.05) is 18.9 Å². The lowest BCUT2D eigenvalue weighted by Gasteiger charge is -2.12. The van der Waals surface area contributed by atoms with Gasteiger partial charge in [-0.2, -0.15) is 0 Å². The van der Waals surface area contributed by atoms with Crippen molar-refractivity contribution >= 4 is 17.4 Å². The maximum absolute atomic E-state index is 12.3. The molecule has 2 N–H and O–H groups in total. The average molecular weight is 397 g/mol. The fraction of sp³-hybridized carbons (Fsp3) is 0.0435. The number of aromatic nitrogens is 3. The molecule has 0 saturated heterocycles. The molecule has 1 amide bonds. The zero-order valence-electron chi connectivity index (χ0n) is 16.0. The van der Waals surface area contributed by atoms with Crippen molar-refractivity contribution in [2.75, 3.05) is 5.32 Å². The van der Waals surface area contributed by atoms with Gasteiger partial charge in [-0.3, -0.25) is 9.78 Å². The lowest BCUT2D eigenvalue weighted by molar-refractivity contribution is 0.0945. The molecular weight excluding hydrogens is 378 g/mol.